The maximum absolute atomic E-state index is 12.7. The number of ether oxygens (including phenoxy) is 1. The third-order valence-electron chi connectivity index (χ3n) is 1.89. The van der Waals surface area contributed by atoms with Crippen LogP contribution in [0.15, 0.2) is 18.5 Å². The first-order valence-electron chi connectivity index (χ1n) is 4.74. The van der Waals surface area contributed by atoms with Crippen LogP contribution in [0.25, 0.3) is 0 Å². The molecule has 0 saturated carbocycles. The van der Waals surface area contributed by atoms with E-state index in [1.807, 2.05) is 0 Å². The van der Waals surface area contributed by atoms with E-state index < -0.39 is 25.0 Å². The summed E-state index contributed by atoms with van der Waals surface area (Å²) in [5.41, 5.74) is 0.306. The Labute approximate surface area is 90.9 Å². The molecule has 0 bridgehead atoms. The lowest BCUT2D eigenvalue weighted by atomic mass is 10.1. The molecule has 0 saturated heterocycles. The van der Waals surface area contributed by atoms with Gasteiger partial charge in [-0.1, -0.05) is 0 Å². The number of hydrogen-bond donors (Lipinski definition) is 1. The van der Waals surface area contributed by atoms with E-state index in [1.165, 1.54) is 6.20 Å². The summed E-state index contributed by atoms with van der Waals surface area (Å²) in [5, 5.41) is 9.54. The van der Waals surface area contributed by atoms with Crippen molar-refractivity contribution in [1.82, 2.24) is 4.98 Å². The predicted octanol–water partition coefficient (Wildman–Crippen LogP) is 1.93. The van der Waals surface area contributed by atoms with Gasteiger partial charge in [0.1, 0.15) is 12.4 Å². The van der Waals surface area contributed by atoms with Crippen molar-refractivity contribution in [3.8, 4) is 0 Å². The summed E-state index contributed by atoms with van der Waals surface area (Å²) in [6, 6.07) is 1.14. The van der Waals surface area contributed by atoms with Gasteiger partial charge in [-0.05, 0) is 6.07 Å². The molecule has 0 aliphatic rings. The summed E-state index contributed by atoms with van der Waals surface area (Å²) < 4.78 is 40.7. The Balaban J connectivity index is 2.32. The van der Waals surface area contributed by atoms with Gasteiger partial charge in [-0.25, -0.2) is 13.2 Å². The van der Waals surface area contributed by atoms with E-state index in [0.29, 0.717) is 5.56 Å². The fourth-order valence-corrected chi connectivity index (χ4v) is 1.14. The number of aromatic nitrogens is 1. The minimum atomic E-state index is -2.52. The zero-order chi connectivity index (χ0) is 12.0. The molecule has 0 radical (unpaired) electrons. The Hall–Kier alpha value is -1.14. The normalized spacial score (nSPS) is 13.1. The van der Waals surface area contributed by atoms with E-state index in [-0.39, 0.29) is 13.0 Å². The Bertz CT molecular complexity index is 323. The highest BCUT2D eigenvalue weighted by atomic mass is 19.3. The summed E-state index contributed by atoms with van der Waals surface area (Å²) >= 11 is 0. The zero-order valence-electron chi connectivity index (χ0n) is 8.44. The van der Waals surface area contributed by atoms with Crippen LogP contribution in [0, 0.1) is 5.82 Å². The van der Waals surface area contributed by atoms with Crippen molar-refractivity contribution in [1.29, 1.82) is 0 Å². The van der Waals surface area contributed by atoms with Gasteiger partial charge >= 0.3 is 0 Å². The van der Waals surface area contributed by atoms with E-state index in [0.717, 1.165) is 12.3 Å². The highest BCUT2D eigenvalue weighted by molar-refractivity contribution is 5.12. The molecule has 0 aliphatic carbocycles. The monoisotopic (exact) mass is 235 g/mol. The number of nitrogens with zero attached hydrogens (tertiary/aromatic N) is 1. The van der Waals surface area contributed by atoms with Crippen molar-refractivity contribution < 1.29 is 23.0 Å². The Morgan fingerprint density at radius 3 is 2.75 bits per heavy atom. The van der Waals surface area contributed by atoms with E-state index in [1.54, 1.807) is 0 Å². The highest BCUT2D eigenvalue weighted by Crippen LogP contribution is 2.16. The molecule has 1 N–H and O–H groups in total. The van der Waals surface area contributed by atoms with Gasteiger partial charge in [-0.2, -0.15) is 0 Å². The molecule has 0 spiro atoms. The van der Waals surface area contributed by atoms with Crippen molar-refractivity contribution in [2.24, 2.45) is 0 Å². The molecule has 3 nitrogen and oxygen atoms in total. The highest BCUT2D eigenvalue weighted by Gasteiger charge is 2.09. The fourth-order valence-electron chi connectivity index (χ4n) is 1.14. The van der Waals surface area contributed by atoms with E-state index in [4.69, 9.17) is 0 Å². The number of hydrogen-bond acceptors (Lipinski definition) is 3. The lowest BCUT2D eigenvalue weighted by molar-refractivity contribution is 0.00475. The van der Waals surface area contributed by atoms with Gasteiger partial charge in [0.05, 0.1) is 12.3 Å². The number of aliphatic hydroxyl groups is 1. The van der Waals surface area contributed by atoms with E-state index >= 15 is 0 Å². The molecule has 0 amide bonds. The van der Waals surface area contributed by atoms with Crippen molar-refractivity contribution in [2.45, 2.75) is 19.0 Å². The van der Waals surface area contributed by atoms with E-state index in [9.17, 15) is 18.3 Å². The van der Waals surface area contributed by atoms with Gasteiger partial charge in [0.25, 0.3) is 6.43 Å². The molecule has 16 heavy (non-hydrogen) atoms. The van der Waals surface area contributed by atoms with Gasteiger partial charge < -0.3 is 9.84 Å². The minimum Gasteiger partial charge on any atom is -0.388 e. The standard InChI is InChI=1S/C10H12F3NO2/c11-8-3-7(4-14-5-8)9(15)1-2-16-6-10(12)13/h3-5,9-10,15H,1-2,6H2. The first-order chi connectivity index (χ1) is 7.59. The van der Waals surface area contributed by atoms with Crippen LogP contribution in [0.1, 0.15) is 18.1 Å². The number of pyridine rings is 1. The van der Waals surface area contributed by atoms with Crippen LogP contribution in [0.4, 0.5) is 13.2 Å². The van der Waals surface area contributed by atoms with Crippen LogP contribution in [-0.4, -0.2) is 29.7 Å². The third kappa shape index (κ3) is 4.59. The summed E-state index contributed by atoms with van der Waals surface area (Å²) in [5.74, 6) is -0.551. The second-order valence-corrected chi connectivity index (χ2v) is 3.21. The van der Waals surface area contributed by atoms with Crippen molar-refractivity contribution >= 4 is 0 Å². The molecule has 1 atom stereocenters. The van der Waals surface area contributed by atoms with Crippen molar-refractivity contribution in [3.05, 3.63) is 29.8 Å². The second kappa shape index (κ2) is 6.44. The van der Waals surface area contributed by atoms with Gasteiger partial charge in [0.2, 0.25) is 0 Å². The lowest BCUT2D eigenvalue weighted by Gasteiger charge is -2.10. The van der Waals surface area contributed by atoms with Crippen LogP contribution in [0.5, 0.6) is 0 Å². The summed E-state index contributed by atoms with van der Waals surface area (Å²) in [4.78, 5) is 3.57. The zero-order valence-corrected chi connectivity index (χ0v) is 8.44. The van der Waals surface area contributed by atoms with Gasteiger partial charge in [-0.3, -0.25) is 4.98 Å². The Morgan fingerprint density at radius 2 is 2.12 bits per heavy atom. The number of aliphatic hydroxyl groups excluding tert-OH is 1. The molecule has 1 aromatic heterocycles. The molecule has 1 heterocycles. The van der Waals surface area contributed by atoms with E-state index in [2.05, 4.69) is 9.72 Å². The Kier molecular flexibility index (Phi) is 5.21. The van der Waals surface area contributed by atoms with Crippen LogP contribution in [0.3, 0.4) is 0 Å². The number of halogens is 3. The topological polar surface area (TPSA) is 42.4 Å². The molecule has 90 valence electrons. The molecular weight excluding hydrogens is 223 g/mol. The first-order valence-corrected chi connectivity index (χ1v) is 4.74. The lowest BCUT2D eigenvalue weighted by Crippen LogP contribution is -2.08. The summed E-state index contributed by atoms with van der Waals surface area (Å²) in [6.07, 6.45) is -1.02. The number of rotatable bonds is 6. The maximum Gasteiger partial charge on any atom is 0.261 e. The predicted molar refractivity (Wildman–Crippen MR) is 50.6 cm³/mol. The van der Waals surface area contributed by atoms with Crippen LogP contribution in [-0.2, 0) is 4.74 Å². The fraction of sp³-hybridized carbons (Fsp3) is 0.500. The summed E-state index contributed by atoms with van der Waals surface area (Å²) in [6.45, 7) is -0.670. The SMILES string of the molecule is OC(CCOCC(F)F)c1cncc(F)c1. The molecule has 1 aromatic rings. The maximum atomic E-state index is 12.7. The Morgan fingerprint density at radius 1 is 1.38 bits per heavy atom. The average Bonchev–Trinajstić information content (AvgIpc) is 2.24. The van der Waals surface area contributed by atoms with Crippen molar-refractivity contribution in [2.75, 3.05) is 13.2 Å². The number of alkyl halides is 2. The molecule has 1 rings (SSSR count). The molecule has 6 heteroatoms. The van der Waals surface area contributed by atoms with Crippen LogP contribution >= 0.6 is 0 Å². The minimum absolute atomic E-state index is 0.0119. The molecule has 0 aromatic carbocycles. The van der Waals surface area contributed by atoms with Gasteiger partial charge in [-0.15, -0.1) is 0 Å². The average molecular weight is 235 g/mol. The van der Waals surface area contributed by atoms with Crippen LogP contribution in [0.2, 0.25) is 0 Å². The molecule has 1 unspecified atom stereocenters. The van der Waals surface area contributed by atoms with Crippen molar-refractivity contribution in [3.63, 3.8) is 0 Å². The second-order valence-electron chi connectivity index (χ2n) is 3.21. The third-order valence-corrected chi connectivity index (χ3v) is 1.89. The smallest absolute Gasteiger partial charge is 0.261 e. The molecule has 0 fully saturated rings. The quantitative estimate of drug-likeness (QED) is 0.766. The first kappa shape index (κ1) is 12.9. The van der Waals surface area contributed by atoms with Crippen LogP contribution < -0.4 is 0 Å². The molecular formula is C10H12F3NO2. The molecule has 0 aliphatic heterocycles. The summed E-state index contributed by atoms with van der Waals surface area (Å²) in [7, 11) is 0. The largest absolute Gasteiger partial charge is 0.388 e. The van der Waals surface area contributed by atoms with Gasteiger partial charge in [0.15, 0.2) is 0 Å². The van der Waals surface area contributed by atoms with Gasteiger partial charge in [0, 0.05) is 24.8 Å².